The van der Waals surface area contributed by atoms with E-state index in [1.54, 1.807) is 18.4 Å². The van der Waals surface area contributed by atoms with E-state index in [2.05, 4.69) is 57.2 Å². The SMILES string of the molecule is CCOC(=O)NC(CNC(=NC)NC1CCN(c2cccs2)CC1)CC(C)C.I. The third-order valence-electron chi connectivity index (χ3n) is 4.75. The summed E-state index contributed by atoms with van der Waals surface area (Å²) in [7, 11) is 1.78. The fourth-order valence-corrected chi connectivity index (χ4v) is 4.19. The summed E-state index contributed by atoms with van der Waals surface area (Å²) < 4.78 is 5.02. The number of hydrogen-bond acceptors (Lipinski definition) is 5. The number of carbonyl (C=O) groups excluding carboxylic acids is 1. The smallest absolute Gasteiger partial charge is 0.407 e. The molecular formula is C20H36IN5O2S. The number of anilines is 1. The van der Waals surface area contributed by atoms with Crippen LogP contribution < -0.4 is 20.9 Å². The summed E-state index contributed by atoms with van der Waals surface area (Å²) in [6, 6.07) is 4.69. The lowest BCUT2D eigenvalue weighted by atomic mass is 10.0. The monoisotopic (exact) mass is 537 g/mol. The van der Waals surface area contributed by atoms with Crippen molar-refractivity contribution < 1.29 is 9.53 Å². The van der Waals surface area contributed by atoms with Crippen molar-refractivity contribution in [2.75, 3.05) is 38.2 Å². The van der Waals surface area contributed by atoms with E-state index >= 15 is 0 Å². The van der Waals surface area contributed by atoms with Gasteiger partial charge in [0.25, 0.3) is 0 Å². The molecule has 0 radical (unpaired) electrons. The predicted molar refractivity (Wildman–Crippen MR) is 133 cm³/mol. The summed E-state index contributed by atoms with van der Waals surface area (Å²) in [6.07, 6.45) is 2.67. The highest BCUT2D eigenvalue weighted by Gasteiger charge is 2.21. The third-order valence-corrected chi connectivity index (χ3v) is 5.68. The molecule has 1 aromatic heterocycles. The van der Waals surface area contributed by atoms with Gasteiger partial charge in [0, 0.05) is 38.8 Å². The molecule has 1 aliphatic rings. The van der Waals surface area contributed by atoms with Crippen LogP contribution in [0.1, 0.15) is 40.0 Å². The van der Waals surface area contributed by atoms with Crippen LogP contribution in [0.2, 0.25) is 0 Å². The molecular weight excluding hydrogens is 501 g/mol. The van der Waals surface area contributed by atoms with E-state index in [0.29, 0.717) is 25.1 Å². The molecule has 1 saturated heterocycles. The Morgan fingerprint density at radius 2 is 2.10 bits per heavy atom. The van der Waals surface area contributed by atoms with Gasteiger partial charge in [0.15, 0.2) is 5.96 Å². The van der Waals surface area contributed by atoms with E-state index < -0.39 is 0 Å². The molecule has 2 heterocycles. The van der Waals surface area contributed by atoms with Gasteiger partial charge in [0.05, 0.1) is 11.6 Å². The van der Waals surface area contributed by atoms with Gasteiger partial charge in [-0.2, -0.15) is 0 Å². The van der Waals surface area contributed by atoms with Gasteiger partial charge in [-0.15, -0.1) is 35.3 Å². The van der Waals surface area contributed by atoms with Gasteiger partial charge in [-0.3, -0.25) is 4.99 Å². The largest absolute Gasteiger partial charge is 0.450 e. The molecule has 9 heteroatoms. The zero-order valence-corrected chi connectivity index (χ0v) is 21.1. The van der Waals surface area contributed by atoms with Gasteiger partial charge in [0.2, 0.25) is 0 Å². The Labute approximate surface area is 196 Å². The zero-order chi connectivity index (χ0) is 20.4. The molecule has 0 spiro atoms. The van der Waals surface area contributed by atoms with E-state index in [1.807, 2.05) is 6.92 Å². The van der Waals surface area contributed by atoms with Crippen molar-refractivity contribution in [3.05, 3.63) is 17.5 Å². The number of alkyl carbamates (subject to hydrolysis) is 1. The topological polar surface area (TPSA) is 78.0 Å². The minimum atomic E-state index is -0.362. The molecule has 1 unspecified atom stereocenters. The number of aliphatic imine (C=N–C) groups is 1. The fraction of sp³-hybridized carbons (Fsp3) is 0.700. The maximum Gasteiger partial charge on any atom is 0.407 e. The van der Waals surface area contributed by atoms with Crippen LogP contribution in [0.5, 0.6) is 0 Å². The van der Waals surface area contributed by atoms with Crippen molar-refractivity contribution in [3.8, 4) is 0 Å². The quantitative estimate of drug-likeness (QED) is 0.268. The van der Waals surface area contributed by atoms with Crippen LogP contribution in [0.25, 0.3) is 0 Å². The van der Waals surface area contributed by atoms with Crippen LogP contribution in [0.3, 0.4) is 0 Å². The molecule has 0 bridgehead atoms. The Kier molecular flexibility index (Phi) is 12.4. The van der Waals surface area contributed by atoms with Crippen molar-refractivity contribution >= 4 is 52.4 Å². The van der Waals surface area contributed by atoms with Crippen molar-refractivity contribution in [1.82, 2.24) is 16.0 Å². The first-order valence-electron chi connectivity index (χ1n) is 10.2. The highest BCUT2D eigenvalue weighted by atomic mass is 127. The molecule has 0 aliphatic carbocycles. The van der Waals surface area contributed by atoms with E-state index in [-0.39, 0.29) is 36.1 Å². The van der Waals surface area contributed by atoms with Gasteiger partial charge in [-0.05, 0) is 49.6 Å². The summed E-state index contributed by atoms with van der Waals surface area (Å²) >= 11 is 1.80. The predicted octanol–water partition coefficient (Wildman–Crippen LogP) is 3.66. The molecule has 1 amide bonds. The minimum Gasteiger partial charge on any atom is -0.450 e. The number of halogens is 1. The number of piperidine rings is 1. The molecule has 0 aromatic carbocycles. The first-order chi connectivity index (χ1) is 13.5. The first kappa shape index (κ1) is 25.8. The van der Waals surface area contributed by atoms with Gasteiger partial charge >= 0.3 is 6.09 Å². The summed E-state index contributed by atoms with van der Waals surface area (Å²) in [5, 5.41) is 13.3. The summed E-state index contributed by atoms with van der Waals surface area (Å²) in [6.45, 7) is 9.20. The Bertz CT molecular complexity index is 604. The molecule has 29 heavy (non-hydrogen) atoms. The number of nitrogens with one attached hydrogen (secondary N) is 3. The van der Waals surface area contributed by atoms with E-state index in [4.69, 9.17) is 4.74 Å². The lowest BCUT2D eigenvalue weighted by Gasteiger charge is -2.33. The van der Waals surface area contributed by atoms with Crippen molar-refractivity contribution in [2.24, 2.45) is 10.9 Å². The van der Waals surface area contributed by atoms with Gasteiger partial charge < -0.3 is 25.6 Å². The molecule has 1 fully saturated rings. The molecule has 0 saturated carbocycles. The van der Waals surface area contributed by atoms with Gasteiger partial charge in [-0.25, -0.2) is 4.79 Å². The van der Waals surface area contributed by atoms with Crippen LogP contribution >= 0.6 is 35.3 Å². The highest BCUT2D eigenvalue weighted by molar-refractivity contribution is 14.0. The van der Waals surface area contributed by atoms with Crippen LogP contribution in [0.4, 0.5) is 9.80 Å². The molecule has 7 nitrogen and oxygen atoms in total. The molecule has 3 N–H and O–H groups in total. The highest BCUT2D eigenvalue weighted by Crippen LogP contribution is 2.24. The van der Waals surface area contributed by atoms with Crippen molar-refractivity contribution in [3.63, 3.8) is 0 Å². The zero-order valence-electron chi connectivity index (χ0n) is 17.9. The second kappa shape index (κ2) is 13.9. The maximum atomic E-state index is 11.8. The molecule has 166 valence electrons. The standard InChI is InChI=1S/C20H35N5O2S.HI/c1-5-27-20(26)24-17(13-15(2)3)14-22-19(21-4)23-16-8-10-25(11-9-16)18-7-6-12-28-18;/h6-7,12,15-17H,5,8-11,13-14H2,1-4H3,(H,24,26)(H2,21,22,23);1H. The normalized spacial score (nSPS) is 16.2. The number of carbonyl (C=O) groups is 1. The molecule has 2 rings (SSSR count). The van der Waals surface area contributed by atoms with Crippen LogP contribution in [0, 0.1) is 5.92 Å². The number of guanidine groups is 1. The van der Waals surface area contributed by atoms with Crippen LogP contribution in [-0.2, 0) is 4.74 Å². The summed E-state index contributed by atoms with van der Waals surface area (Å²) in [5.74, 6) is 1.26. The average Bonchev–Trinajstić information content (AvgIpc) is 3.20. The number of nitrogens with zero attached hydrogens (tertiary/aromatic N) is 2. The van der Waals surface area contributed by atoms with Crippen LogP contribution in [-0.4, -0.2) is 57.4 Å². The second-order valence-corrected chi connectivity index (χ2v) is 8.43. The maximum absolute atomic E-state index is 11.8. The molecule has 1 atom stereocenters. The third kappa shape index (κ3) is 9.41. The number of amides is 1. The Morgan fingerprint density at radius 3 is 2.66 bits per heavy atom. The Balaban J connectivity index is 0.00000420. The van der Waals surface area contributed by atoms with Crippen molar-refractivity contribution in [1.29, 1.82) is 0 Å². The number of rotatable bonds is 8. The average molecular weight is 538 g/mol. The summed E-state index contributed by atoms with van der Waals surface area (Å²) in [5.41, 5.74) is 0. The Hall–Kier alpha value is -1.23. The first-order valence-corrected chi connectivity index (χ1v) is 11.1. The fourth-order valence-electron chi connectivity index (χ4n) is 3.40. The van der Waals surface area contributed by atoms with E-state index in [0.717, 1.165) is 38.3 Å². The molecule has 1 aromatic rings. The lowest BCUT2D eigenvalue weighted by molar-refractivity contribution is 0.146. The lowest BCUT2D eigenvalue weighted by Crippen LogP contribution is -2.52. The van der Waals surface area contributed by atoms with Crippen molar-refractivity contribution in [2.45, 2.75) is 52.1 Å². The Morgan fingerprint density at radius 1 is 1.38 bits per heavy atom. The van der Waals surface area contributed by atoms with Gasteiger partial charge in [-0.1, -0.05) is 13.8 Å². The molecule has 1 aliphatic heterocycles. The number of ether oxygens (including phenoxy) is 1. The van der Waals surface area contributed by atoms with Gasteiger partial charge in [0.1, 0.15) is 0 Å². The minimum absolute atomic E-state index is 0. The second-order valence-electron chi connectivity index (χ2n) is 7.50. The number of thiophene rings is 1. The van der Waals surface area contributed by atoms with Crippen LogP contribution in [0.15, 0.2) is 22.5 Å². The number of hydrogen-bond donors (Lipinski definition) is 3. The summed E-state index contributed by atoms with van der Waals surface area (Å²) in [4.78, 5) is 18.6. The van der Waals surface area contributed by atoms with E-state index in [9.17, 15) is 4.79 Å². The van der Waals surface area contributed by atoms with E-state index in [1.165, 1.54) is 5.00 Å².